The summed E-state index contributed by atoms with van der Waals surface area (Å²) in [5, 5.41) is 1.38. The molecule has 0 saturated heterocycles. The Balaban J connectivity index is 1.38. The molecule has 0 fully saturated rings. The number of fused-ring (bicyclic) bond motifs is 7. The van der Waals surface area contributed by atoms with Crippen molar-refractivity contribution in [1.29, 1.82) is 0 Å². The van der Waals surface area contributed by atoms with E-state index in [1.807, 2.05) is 11.3 Å². The first-order chi connectivity index (χ1) is 21.7. The molecule has 3 aliphatic rings. The van der Waals surface area contributed by atoms with Crippen molar-refractivity contribution in [2.24, 2.45) is 0 Å². The average molecular weight is 610 g/mol. The molecule has 45 heavy (non-hydrogen) atoms. The van der Waals surface area contributed by atoms with Gasteiger partial charge < -0.3 is 9.64 Å². The van der Waals surface area contributed by atoms with Crippen LogP contribution in [0.15, 0.2) is 72.8 Å². The van der Waals surface area contributed by atoms with Gasteiger partial charge in [0.05, 0.1) is 5.69 Å². The Morgan fingerprint density at radius 2 is 1.47 bits per heavy atom. The maximum atomic E-state index is 6.89. The van der Waals surface area contributed by atoms with Crippen molar-refractivity contribution in [2.45, 2.75) is 97.3 Å². The molecule has 4 heteroatoms. The fourth-order valence-corrected chi connectivity index (χ4v) is 9.97. The Labute approximate surface area is 273 Å². The van der Waals surface area contributed by atoms with E-state index in [1.54, 1.807) is 0 Å². The molecule has 8 rings (SSSR count). The highest BCUT2D eigenvalue weighted by atomic mass is 32.1. The van der Waals surface area contributed by atoms with Gasteiger partial charge in [0, 0.05) is 26.2 Å². The van der Waals surface area contributed by atoms with Crippen LogP contribution in [-0.4, -0.2) is 6.71 Å². The predicted octanol–water partition coefficient (Wildman–Crippen LogP) is 9.95. The second kappa shape index (κ2) is 10.5. The summed E-state index contributed by atoms with van der Waals surface area (Å²) in [6.07, 6.45) is 8.29. The lowest BCUT2D eigenvalue weighted by molar-refractivity contribution is 0.402. The van der Waals surface area contributed by atoms with Crippen molar-refractivity contribution < 1.29 is 4.74 Å². The molecular weight excluding hydrogens is 565 g/mol. The van der Waals surface area contributed by atoms with Crippen LogP contribution in [0.5, 0.6) is 11.5 Å². The van der Waals surface area contributed by atoms with E-state index in [4.69, 9.17) is 4.74 Å². The predicted molar refractivity (Wildman–Crippen MR) is 196 cm³/mol. The number of ether oxygens (including phenoxy) is 1. The Hall–Kier alpha value is -3.50. The van der Waals surface area contributed by atoms with Crippen molar-refractivity contribution >= 4 is 60.9 Å². The van der Waals surface area contributed by atoms with Gasteiger partial charge >= 0.3 is 0 Å². The highest BCUT2D eigenvalue weighted by Gasteiger charge is 2.47. The number of hydrogen-bond acceptors (Lipinski definition) is 3. The first kappa shape index (κ1) is 28.9. The number of rotatable bonds is 7. The molecule has 0 unspecified atom stereocenters. The molecule has 1 aliphatic carbocycles. The molecule has 5 aromatic rings. The molecule has 3 heterocycles. The summed E-state index contributed by atoms with van der Waals surface area (Å²) in [6.45, 7) is 14.3. The minimum absolute atomic E-state index is 0.129. The van der Waals surface area contributed by atoms with E-state index in [1.165, 1.54) is 90.8 Å². The molecule has 2 aliphatic heterocycles. The lowest BCUT2D eigenvalue weighted by atomic mass is 9.36. The third-order valence-electron chi connectivity index (χ3n) is 10.7. The van der Waals surface area contributed by atoms with Crippen LogP contribution in [0.4, 0.5) is 17.1 Å². The second-order valence-corrected chi connectivity index (χ2v) is 16.0. The van der Waals surface area contributed by atoms with Gasteiger partial charge in [0.1, 0.15) is 11.5 Å². The van der Waals surface area contributed by atoms with Gasteiger partial charge in [0.2, 0.25) is 0 Å². The Bertz CT molecular complexity index is 1950. The van der Waals surface area contributed by atoms with Gasteiger partial charge in [-0.3, -0.25) is 0 Å². The zero-order valence-electron chi connectivity index (χ0n) is 27.7. The minimum Gasteiger partial charge on any atom is -0.458 e. The standard InChI is InChI=1S/C41H44BNOS/c1-7-9-12-26-16-19-28(20-17-26)43-33-14-11-15-34-37(33)42(39-38(43)29-22-27(13-10-8-2)18-21-36(29)45-39)32-23-30-31(24-35(32)44-34)41(5,6)25-40(30,3)4/h11,14-24H,7-10,12-13,25H2,1-6H3. The molecule has 0 saturated carbocycles. The van der Waals surface area contributed by atoms with Gasteiger partial charge in [0.15, 0.2) is 0 Å². The quantitative estimate of drug-likeness (QED) is 0.167. The Morgan fingerprint density at radius 1 is 0.778 bits per heavy atom. The van der Waals surface area contributed by atoms with E-state index >= 15 is 0 Å². The maximum Gasteiger partial charge on any atom is 0.268 e. The van der Waals surface area contributed by atoms with Gasteiger partial charge in [-0.2, -0.15) is 0 Å². The molecule has 0 spiro atoms. The smallest absolute Gasteiger partial charge is 0.268 e. The van der Waals surface area contributed by atoms with Gasteiger partial charge in [-0.25, -0.2) is 0 Å². The number of aryl methyl sites for hydroxylation is 2. The summed E-state index contributed by atoms with van der Waals surface area (Å²) in [6, 6.07) is 28.2. The monoisotopic (exact) mass is 609 g/mol. The fourth-order valence-electron chi connectivity index (χ4n) is 8.67. The van der Waals surface area contributed by atoms with Gasteiger partial charge in [-0.15, -0.1) is 11.3 Å². The Morgan fingerprint density at radius 3 is 2.20 bits per heavy atom. The molecular formula is C41H44BNOS. The van der Waals surface area contributed by atoms with Gasteiger partial charge in [0.25, 0.3) is 6.71 Å². The number of unbranched alkanes of at least 4 members (excludes halogenated alkanes) is 2. The molecule has 1 aromatic heterocycles. The molecule has 0 amide bonds. The zero-order chi connectivity index (χ0) is 31.1. The van der Waals surface area contributed by atoms with E-state index in [0.29, 0.717) is 0 Å². The van der Waals surface area contributed by atoms with E-state index in [9.17, 15) is 0 Å². The molecule has 2 nitrogen and oxygen atoms in total. The number of benzene rings is 4. The summed E-state index contributed by atoms with van der Waals surface area (Å²) in [4.78, 5) is 2.55. The Kier molecular flexibility index (Phi) is 6.77. The van der Waals surface area contributed by atoms with E-state index in [-0.39, 0.29) is 17.5 Å². The molecule has 0 atom stereocenters. The summed E-state index contributed by atoms with van der Waals surface area (Å²) in [5.41, 5.74) is 12.5. The van der Waals surface area contributed by atoms with Crippen LogP contribution in [-0.2, 0) is 23.7 Å². The van der Waals surface area contributed by atoms with Gasteiger partial charge in [-0.05, 0) is 119 Å². The second-order valence-electron chi connectivity index (χ2n) is 15.0. The number of anilines is 3. The van der Waals surface area contributed by atoms with E-state index in [2.05, 4.69) is 119 Å². The lowest BCUT2D eigenvalue weighted by Gasteiger charge is -2.39. The zero-order valence-corrected chi connectivity index (χ0v) is 28.5. The summed E-state index contributed by atoms with van der Waals surface area (Å²) in [7, 11) is 0. The van der Waals surface area contributed by atoms with Crippen molar-refractivity contribution in [2.75, 3.05) is 4.90 Å². The van der Waals surface area contributed by atoms with Gasteiger partial charge in [-0.1, -0.05) is 84.7 Å². The van der Waals surface area contributed by atoms with Crippen LogP contribution < -0.4 is 25.3 Å². The van der Waals surface area contributed by atoms with Crippen LogP contribution in [0.2, 0.25) is 0 Å². The van der Waals surface area contributed by atoms with Crippen molar-refractivity contribution in [1.82, 2.24) is 0 Å². The number of hydrogen-bond donors (Lipinski definition) is 0. The van der Waals surface area contributed by atoms with E-state index in [0.717, 1.165) is 30.8 Å². The largest absolute Gasteiger partial charge is 0.458 e. The van der Waals surface area contributed by atoms with Crippen LogP contribution in [0.3, 0.4) is 0 Å². The van der Waals surface area contributed by atoms with Crippen LogP contribution in [0.25, 0.3) is 10.1 Å². The van der Waals surface area contributed by atoms with Crippen molar-refractivity contribution in [3.63, 3.8) is 0 Å². The van der Waals surface area contributed by atoms with Crippen LogP contribution in [0, 0.1) is 0 Å². The first-order valence-electron chi connectivity index (χ1n) is 17.1. The molecule has 0 radical (unpaired) electrons. The number of thiophene rings is 1. The normalized spacial score (nSPS) is 16.7. The lowest BCUT2D eigenvalue weighted by Crippen LogP contribution is -2.58. The van der Waals surface area contributed by atoms with E-state index < -0.39 is 0 Å². The highest BCUT2D eigenvalue weighted by molar-refractivity contribution is 7.33. The molecule has 4 aromatic carbocycles. The summed E-state index contributed by atoms with van der Waals surface area (Å²) < 4.78 is 9.70. The SMILES string of the molecule is CCCCc1ccc(N2c3cccc4c3B(c3cc5c(cc3O4)C(C)(C)CC5(C)C)c3sc4ccc(CCCC)cc4c32)cc1. The molecule has 0 bridgehead atoms. The summed E-state index contributed by atoms with van der Waals surface area (Å²) >= 11 is 1.98. The fraction of sp³-hybridized carbons (Fsp3) is 0.366. The topological polar surface area (TPSA) is 12.5 Å². The third-order valence-corrected chi connectivity index (χ3v) is 11.9. The highest BCUT2D eigenvalue weighted by Crippen LogP contribution is 2.52. The number of nitrogens with zero attached hydrogens (tertiary/aromatic N) is 1. The first-order valence-corrected chi connectivity index (χ1v) is 18.0. The molecule has 228 valence electrons. The van der Waals surface area contributed by atoms with Crippen molar-refractivity contribution in [3.05, 3.63) is 95.1 Å². The summed E-state index contributed by atoms with van der Waals surface area (Å²) in [5.74, 6) is 2.03. The maximum absolute atomic E-state index is 6.89. The third kappa shape index (κ3) is 4.50. The van der Waals surface area contributed by atoms with Crippen molar-refractivity contribution in [3.8, 4) is 11.5 Å². The molecule has 0 N–H and O–H groups in total. The van der Waals surface area contributed by atoms with Crippen LogP contribution in [0.1, 0.15) is 95.9 Å². The minimum atomic E-state index is 0.129. The average Bonchev–Trinajstić information content (AvgIpc) is 3.48. The van der Waals surface area contributed by atoms with Crippen LogP contribution >= 0.6 is 11.3 Å².